The van der Waals surface area contributed by atoms with Crippen LogP contribution in [-0.2, 0) is 10.4 Å². The van der Waals surface area contributed by atoms with Crippen LogP contribution in [0.15, 0.2) is 45.3 Å². The third-order valence-electron chi connectivity index (χ3n) is 2.51. The van der Waals surface area contributed by atoms with Gasteiger partial charge in [-0.25, -0.2) is 0 Å². The van der Waals surface area contributed by atoms with E-state index in [2.05, 4.69) is 41.8 Å². The van der Waals surface area contributed by atoms with E-state index in [9.17, 15) is 0 Å². The Labute approximate surface area is 162 Å². The van der Waals surface area contributed by atoms with E-state index < -0.39 is 10.4 Å². The van der Waals surface area contributed by atoms with Crippen molar-refractivity contribution in [2.24, 2.45) is 0 Å². The number of nitrogens with zero attached hydrogens (tertiary/aromatic N) is 4. The zero-order chi connectivity index (χ0) is 19.6. The average molecular weight is 492 g/mol. The molecule has 0 aliphatic heterocycles. The summed E-state index contributed by atoms with van der Waals surface area (Å²) < 4.78 is 36.1. The summed E-state index contributed by atoms with van der Waals surface area (Å²) in [6.45, 7) is 3.89. The summed E-state index contributed by atoms with van der Waals surface area (Å²) in [6.07, 6.45) is 0. The standard InChI is InChI=1S/2C7H6BrN2.H2O4S/c2*1-5-4-6(10-9)2-3-7(5)8;1-5(2,3)4/h2*2-4H,1H3;(H2,1,2,3,4)/q2*+1;/p-2. The van der Waals surface area contributed by atoms with E-state index in [1.807, 2.05) is 26.0 Å². The van der Waals surface area contributed by atoms with Crippen LogP contribution >= 0.6 is 31.9 Å². The van der Waals surface area contributed by atoms with Gasteiger partial charge in [0.05, 0.1) is 0 Å². The van der Waals surface area contributed by atoms with Crippen LogP contribution in [0.2, 0.25) is 0 Å². The van der Waals surface area contributed by atoms with Crippen LogP contribution in [0.4, 0.5) is 11.4 Å². The molecule has 0 aromatic heterocycles. The number of diazo groups is 2. The average Bonchev–Trinajstić information content (AvgIpc) is 2.52. The van der Waals surface area contributed by atoms with Gasteiger partial charge in [0.25, 0.3) is 0 Å². The minimum atomic E-state index is -5.17. The van der Waals surface area contributed by atoms with Gasteiger partial charge in [0.1, 0.15) is 0 Å². The molecule has 2 aromatic rings. The zero-order valence-electron chi connectivity index (χ0n) is 13.1. The van der Waals surface area contributed by atoms with Crippen molar-refractivity contribution in [1.29, 1.82) is 10.8 Å². The van der Waals surface area contributed by atoms with Crippen LogP contribution in [0.25, 0.3) is 9.95 Å². The molecule has 25 heavy (non-hydrogen) atoms. The van der Waals surface area contributed by atoms with Crippen LogP contribution in [0, 0.1) is 24.6 Å². The van der Waals surface area contributed by atoms with Gasteiger partial charge >= 0.3 is 11.4 Å². The van der Waals surface area contributed by atoms with Crippen molar-refractivity contribution in [3.05, 3.63) is 66.4 Å². The molecule has 0 N–H and O–H groups in total. The van der Waals surface area contributed by atoms with Gasteiger partial charge in [-0.15, -0.1) is 0 Å². The SMILES string of the molecule is Cc1cc([N+]#N)ccc1Br.Cc1cc([N+]#N)ccc1Br.O=S(=O)([O-])[O-]. The van der Waals surface area contributed by atoms with Crippen molar-refractivity contribution < 1.29 is 17.5 Å². The highest BCUT2D eigenvalue weighted by Crippen LogP contribution is 2.22. The maximum atomic E-state index is 8.52. The van der Waals surface area contributed by atoms with Crippen LogP contribution in [-0.4, -0.2) is 17.5 Å². The second kappa shape index (κ2) is 10.9. The van der Waals surface area contributed by atoms with E-state index in [1.54, 1.807) is 24.3 Å². The van der Waals surface area contributed by atoms with Gasteiger partial charge in [-0.05, 0) is 37.1 Å². The summed E-state index contributed by atoms with van der Waals surface area (Å²) in [4.78, 5) is 6.10. The largest absolute Gasteiger partial charge is 0.759 e. The zero-order valence-corrected chi connectivity index (χ0v) is 17.0. The third-order valence-corrected chi connectivity index (χ3v) is 4.29. The molecule has 2 rings (SSSR count). The van der Waals surface area contributed by atoms with Gasteiger partial charge < -0.3 is 9.11 Å². The van der Waals surface area contributed by atoms with Crippen molar-refractivity contribution >= 4 is 53.6 Å². The summed E-state index contributed by atoms with van der Waals surface area (Å²) in [7, 11) is -5.17. The highest BCUT2D eigenvalue weighted by atomic mass is 79.9. The minimum Gasteiger partial charge on any atom is -0.759 e. The predicted molar refractivity (Wildman–Crippen MR) is 97.7 cm³/mol. The first kappa shape index (κ1) is 23.1. The van der Waals surface area contributed by atoms with Gasteiger partial charge in [0, 0.05) is 43.6 Å². The molecule has 0 bridgehead atoms. The Balaban J connectivity index is 0.000000368. The Morgan fingerprint density at radius 1 is 0.840 bits per heavy atom. The van der Waals surface area contributed by atoms with Crippen LogP contribution < -0.4 is 0 Å². The van der Waals surface area contributed by atoms with E-state index in [-0.39, 0.29) is 0 Å². The van der Waals surface area contributed by atoms with Crippen LogP contribution in [0.5, 0.6) is 0 Å². The van der Waals surface area contributed by atoms with E-state index >= 15 is 0 Å². The van der Waals surface area contributed by atoms with E-state index in [4.69, 9.17) is 28.3 Å². The minimum absolute atomic E-state index is 0.584. The molecule has 0 heterocycles. The summed E-state index contributed by atoms with van der Waals surface area (Å²) >= 11 is 6.67. The summed E-state index contributed by atoms with van der Waals surface area (Å²) in [6, 6.07) is 10.8. The van der Waals surface area contributed by atoms with Crippen molar-refractivity contribution in [1.82, 2.24) is 0 Å². The fourth-order valence-electron chi connectivity index (χ4n) is 1.38. The third kappa shape index (κ3) is 11.3. The quantitative estimate of drug-likeness (QED) is 0.284. The lowest BCUT2D eigenvalue weighted by Gasteiger charge is -2.06. The fraction of sp³-hybridized carbons (Fsp3) is 0.143. The van der Waals surface area contributed by atoms with E-state index in [0.717, 1.165) is 20.1 Å². The first-order valence-electron chi connectivity index (χ1n) is 6.37. The Morgan fingerprint density at radius 2 is 1.12 bits per heavy atom. The predicted octanol–water partition coefficient (Wildman–Crippen LogP) is 5.15. The van der Waals surface area contributed by atoms with Gasteiger partial charge in [0.15, 0.2) is 9.95 Å². The molecule has 0 unspecified atom stereocenters. The molecule has 0 saturated carbocycles. The maximum Gasteiger partial charge on any atom is 0.385 e. The van der Waals surface area contributed by atoms with Gasteiger partial charge in [0.2, 0.25) is 10.8 Å². The summed E-state index contributed by atoms with van der Waals surface area (Å²) in [5.74, 6) is 0. The highest BCUT2D eigenvalue weighted by molar-refractivity contribution is 9.10. The van der Waals surface area contributed by atoms with Crippen molar-refractivity contribution in [3.63, 3.8) is 0 Å². The Morgan fingerprint density at radius 3 is 1.32 bits per heavy atom. The number of hydrogen-bond donors (Lipinski definition) is 0. The molecule has 2 aromatic carbocycles. The molecule has 0 atom stereocenters. The number of rotatable bonds is 0. The van der Waals surface area contributed by atoms with Crippen LogP contribution in [0.3, 0.4) is 0 Å². The molecule has 0 saturated heterocycles. The van der Waals surface area contributed by atoms with Crippen molar-refractivity contribution in [2.75, 3.05) is 0 Å². The smallest absolute Gasteiger partial charge is 0.385 e. The van der Waals surface area contributed by atoms with Gasteiger partial charge in [-0.1, -0.05) is 31.9 Å². The molecule has 11 heteroatoms. The second-order valence-electron chi connectivity index (χ2n) is 4.48. The first-order chi connectivity index (χ1) is 11.5. The number of aryl methyl sites for hydroxylation is 2. The maximum absolute atomic E-state index is 8.52. The topological polar surface area (TPSA) is 137 Å². The molecule has 0 fully saturated rings. The molecule has 8 nitrogen and oxygen atoms in total. The highest BCUT2D eigenvalue weighted by Gasteiger charge is 2.05. The Kier molecular flexibility index (Phi) is 10.0. The molecule has 0 amide bonds. The molecule has 0 radical (unpaired) electrons. The lowest BCUT2D eigenvalue weighted by Crippen LogP contribution is -1.91. The normalized spacial score (nSPS) is 9.44. The van der Waals surface area contributed by atoms with Gasteiger partial charge in [-0.2, -0.15) is 0 Å². The first-order valence-corrected chi connectivity index (χ1v) is 9.29. The summed E-state index contributed by atoms with van der Waals surface area (Å²) in [5, 5.41) is 16.7. The number of hydrogen-bond acceptors (Lipinski definition) is 6. The number of benzene rings is 2. The van der Waals surface area contributed by atoms with Crippen molar-refractivity contribution in [3.8, 4) is 0 Å². The lowest BCUT2D eigenvalue weighted by atomic mass is 10.2. The second-order valence-corrected chi connectivity index (χ2v) is 7.00. The van der Waals surface area contributed by atoms with Gasteiger partial charge in [-0.3, -0.25) is 8.42 Å². The molecule has 0 spiro atoms. The van der Waals surface area contributed by atoms with E-state index in [0.29, 0.717) is 11.4 Å². The molecule has 0 aliphatic carbocycles. The molecular formula is C14H12Br2N4O4S. The molecule has 0 aliphatic rings. The van der Waals surface area contributed by atoms with Crippen LogP contribution in [0.1, 0.15) is 11.1 Å². The number of halogens is 2. The van der Waals surface area contributed by atoms with E-state index in [1.165, 1.54) is 0 Å². The molecular weight excluding hydrogens is 480 g/mol. The lowest BCUT2D eigenvalue weighted by molar-refractivity contribution is 0.352. The summed E-state index contributed by atoms with van der Waals surface area (Å²) in [5.41, 5.74) is 3.30. The Bertz CT molecular complexity index is 852. The van der Waals surface area contributed by atoms with Crippen molar-refractivity contribution in [2.45, 2.75) is 13.8 Å². The fourth-order valence-corrected chi connectivity index (χ4v) is 1.88. The molecule has 132 valence electrons. The Hall–Kier alpha value is -1.89. The monoisotopic (exact) mass is 490 g/mol.